The molecule has 4 nitrogen and oxygen atoms in total. The van der Waals surface area contributed by atoms with Gasteiger partial charge in [-0.15, -0.1) is 0 Å². The van der Waals surface area contributed by atoms with E-state index in [0.29, 0.717) is 12.8 Å². The van der Waals surface area contributed by atoms with Gasteiger partial charge in [-0.05, 0) is 31.0 Å². The summed E-state index contributed by atoms with van der Waals surface area (Å²) in [6.45, 7) is 3.76. The maximum Gasteiger partial charge on any atom is 0.311 e. The van der Waals surface area contributed by atoms with Crippen LogP contribution in [0.15, 0.2) is 24.3 Å². The predicted octanol–water partition coefficient (Wildman–Crippen LogP) is 2.97. The third-order valence-corrected chi connectivity index (χ3v) is 3.80. The van der Waals surface area contributed by atoms with Crippen LogP contribution in [-0.2, 0) is 16.0 Å². The molecule has 0 spiro atoms. The Morgan fingerprint density at radius 2 is 1.90 bits per heavy atom. The second kappa shape index (κ2) is 8.03. The van der Waals surface area contributed by atoms with E-state index in [0.717, 1.165) is 24.2 Å². The molecule has 1 aromatic rings. The fourth-order valence-electron chi connectivity index (χ4n) is 2.51. The van der Waals surface area contributed by atoms with Crippen molar-refractivity contribution in [3.05, 3.63) is 29.8 Å². The Balaban J connectivity index is 2.85. The second-order valence-electron chi connectivity index (χ2n) is 5.60. The highest BCUT2D eigenvalue weighted by atomic mass is 16.5. The molecule has 0 aliphatic carbocycles. The number of methoxy groups -OCH3 is 2. The Kier molecular flexibility index (Phi) is 6.69. The number of carbonyl (C=O) groups excluding carboxylic acids is 1. The summed E-state index contributed by atoms with van der Waals surface area (Å²) in [5.41, 5.74) is -0.164. The van der Waals surface area contributed by atoms with Crippen LogP contribution in [0.1, 0.15) is 38.7 Å². The van der Waals surface area contributed by atoms with Gasteiger partial charge in [0.2, 0.25) is 0 Å². The SMILES string of the molecule is CCCCC(C(=O)OC)C(C)(O)Cc1ccc(OC)cc1. The molecule has 0 fully saturated rings. The van der Waals surface area contributed by atoms with Gasteiger partial charge in [0.1, 0.15) is 5.75 Å². The Morgan fingerprint density at radius 1 is 1.29 bits per heavy atom. The van der Waals surface area contributed by atoms with E-state index in [1.54, 1.807) is 14.0 Å². The van der Waals surface area contributed by atoms with Crippen molar-refractivity contribution in [2.24, 2.45) is 5.92 Å². The van der Waals surface area contributed by atoms with Crippen LogP contribution < -0.4 is 4.74 Å². The second-order valence-corrected chi connectivity index (χ2v) is 5.60. The highest BCUT2D eigenvalue weighted by Crippen LogP contribution is 2.28. The van der Waals surface area contributed by atoms with E-state index >= 15 is 0 Å². The van der Waals surface area contributed by atoms with Crippen LogP contribution in [0.4, 0.5) is 0 Å². The number of rotatable bonds is 8. The molecular weight excluding hydrogens is 268 g/mol. The van der Waals surface area contributed by atoms with Gasteiger partial charge in [-0.3, -0.25) is 4.79 Å². The Labute approximate surface area is 127 Å². The average Bonchev–Trinajstić information content (AvgIpc) is 2.47. The van der Waals surface area contributed by atoms with Crippen molar-refractivity contribution in [1.82, 2.24) is 0 Å². The molecule has 0 aliphatic heterocycles. The van der Waals surface area contributed by atoms with E-state index in [4.69, 9.17) is 9.47 Å². The van der Waals surface area contributed by atoms with E-state index in [-0.39, 0.29) is 5.97 Å². The van der Waals surface area contributed by atoms with E-state index in [2.05, 4.69) is 6.92 Å². The lowest BCUT2D eigenvalue weighted by atomic mass is 9.80. The highest BCUT2D eigenvalue weighted by Gasteiger charge is 2.37. The zero-order valence-corrected chi connectivity index (χ0v) is 13.4. The van der Waals surface area contributed by atoms with Gasteiger partial charge in [-0.2, -0.15) is 0 Å². The van der Waals surface area contributed by atoms with Crippen molar-refractivity contribution < 1.29 is 19.4 Å². The van der Waals surface area contributed by atoms with Gasteiger partial charge >= 0.3 is 5.97 Å². The Bertz CT molecular complexity index is 437. The van der Waals surface area contributed by atoms with Crippen molar-refractivity contribution in [3.8, 4) is 5.75 Å². The molecule has 1 aromatic carbocycles. The first-order valence-corrected chi connectivity index (χ1v) is 7.37. The molecule has 21 heavy (non-hydrogen) atoms. The van der Waals surface area contributed by atoms with Gasteiger partial charge in [0.15, 0.2) is 0 Å². The van der Waals surface area contributed by atoms with Gasteiger partial charge in [-0.25, -0.2) is 0 Å². The molecule has 118 valence electrons. The predicted molar refractivity (Wildman–Crippen MR) is 82.4 cm³/mol. The van der Waals surface area contributed by atoms with Crippen molar-refractivity contribution in [2.75, 3.05) is 14.2 Å². The lowest BCUT2D eigenvalue weighted by Gasteiger charge is -2.31. The summed E-state index contributed by atoms with van der Waals surface area (Å²) in [4.78, 5) is 12.0. The number of esters is 1. The molecule has 4 heteroatoms. The molecule has 0 radical (unpaired) electrons. The summed E-state index contributed by atoms with van der Waals surface area (Å²) in [5, 5.41) is 10.8. The standard InChI is InChI=1S/C17H26O4/c1-5-6-7-15(16(18)21-4)17(2,19)12-13-8-10-14(20-3)11-9-13/h8-11,15,19H,5-7,12H2,1-4H3. The molecule has 0 bridgehead atoms. The first kappa shape index (κ1) is 17.5. The number of unbranched alkanes of at least 4 members (excludes halogenated alkanes) is 1. The monoisotopic (exact) mass is 294 g/mol. The molecule has 0 aliphatic rings. The Hall–Kier alpha value is -1.55. The molecular formula is C17H26O4. The molecule has 0 saturated carbocycles. The highest BCUT2D eigenvalue weighted by molar-refractivity contribution is 5.73. The fourth-order valence-corrected chi connectivity index (χ4v) is 2.51. The number of hydrogen-bond donors (Lipinski definition) is 1. The molecule has 1 N–H and O–H groups in total. The lowest BCUT2D eigenvalue weighted by Crippen LogP contribution is -2.42. The fraction of sp³-hybridized carbons (Fsp3) is 0.588. The van der Waals surface area contributed by atoms with Crippen LogP contribution in [0.5, 0.6) is 5.75 Å². The molecule has 1 rings (SSSR count). The van der Waals surface area contributed by atoms with E-state index < -0.39 is 11.5 Å². The molecule has 2 atom stereocenters. The number of benzene rings is 1. The lowest BCUT2D eigenvalue weighted by molar-refractivity contribution is -0.155. The topological polar surface area (TPSA) is 55.8 Å². The number of aliphatic hydroxyl groups is 1. The van der Waals surface area contributed by atoms with Crippen LogP contribution in [0, 0.1) is 5.92 Å². The number of hydrogen-bond acceptors (Lipinski definition) is 4. The summed E-state index contributed by atoms with van der Waals surface area (Å²) in [5.74, 6) is -0.0830. The van der Waals surface area contributed by atoms with Gasteiger partial charge in [0, 0.05) is 6.42 Å². The average molecular weight is 294 g/mol. The van der Waals surface area contributed by atoms with Crippen LogP contribution in [-0.4, -0.2) is 30.9 Å². The normalized spacial score (nSPS) is 15.1. The molecule has 0 aromatic heterocycles. The van der Waals surface area contributed by atoms with Gasteiger partial charge < -0.3 is 14.6 Å². The molecule has 0 saturated heterocycles. The van der Waals surface area contributed by atoms with Crippen molar-refractivity contribution in [2.45, 2.75) is 45.1 Å². The van der Waals surface area contributed by atoms with Crippen molar-refractivity contribution in [3.63, 3.8) is 0 Å². The Morgan fingerprint density at radius 3 is 2.38 bits per heavy atom. The van der Waals surface area contributed by atoms with Crippen LogP contribution in [0.3, 0.4) is 0 Å². The van der Waals surface area contributed by atoms with Gasteiger partial charge in [-0.1, -0.05) is 31.9 Å². The summed E-state index contributed by atoms with van der Waals surface area (Å²) < 4.78 is 9.97. The maximum atomic E-state index is 12.0. The van der Waals surface area contributed by atoms with Crippen LogP contribution in [0.25, 0.3) is 0 Å². The van der Waals surface area contributed by atoms with Crippen molar-refractivity contribution >= 4 is 5.97 Å². The van der Waals surface area contributed by atoms with Crippen LogP contribution >= 0.6 is 0 Å². The number of ether oxygens (including phenoxy) is 2. The minimum absolute atomic E-state index is 0.345. The maximum absolute atomic E-state index is 12.0. The van der Waals surface area contributed by atoms with E-state index in [1.165, 1.54) is 7.11 Å². The first-order chi connectivity index (χ1) is 9.94. The zero-order chi connectivity index (χ0) is 15.9. The number of carbonyl (C=O) groups is 1. The molecule has 0 heterocycles. The molecule has 2 unspecified atom stereocenters. The summed E-state index contributed by atoms with van der Waals surface area (Å²) in [6.07, 6.45) is 2.90. The summed E-state index contributed by atoms with van der Waals surface area (Å²) in [6, 6.07) is 7.51. The summed E-state index contributed by atoms with van der Waals surface area (Å²) in [7, 11) is 2.98. The minimum Gasteiger partial charge on any atom is -0.497 e. The quantitative estimate of drug-likeness (QED) is 0.749. The third-order valence-electron chi connectivity index (χ3n) is 3.80. The third kappa shape index (κ3) is 5.05. The largest absolute Gasteiger partial charge is 0.497 e. The minimum atomic E-state index is -1.13. The van der Waals surface area contributed by atoms with Gasteiger partial charge in [0.05, 0.1) is 25.7 Å². The van der Waals surface area contributed by atoms with E-state index in [1.807, 2.05) is 24.3 Å². The smallest absolute Gasteiger partial charge is 0.311 e. The first-order valence-electron chi connectivity index (χ1n) is 7.37. The zero-order valence-electron chi connectivity index (χ0n) is 13.4. The van der Waals surface area contributed by atoms with E-state index in [9.17, 15) is 9.90 Å². The molecule has 0 amide bonds. The van der Waals surface area contributed by atoms with Crippen LogP contribution in [0.2, 0.25) is 0 Å². The van der Waals surface area contributed by atoms with Crippen molar-refractivity contribution in [1.29, 1.82) is 0 Å². The summed E-state index contributed by atoms with van der Waals surface area (Å²) >= 11 is 0. The van der Waals surface area contributed by atoms with Gasteiger partial charge in [0.25, 0.3) is 0 Å².